The summed E-state index contributed by atoms with van der Waals surface area (Å²) < 4.78 is 7.08. The van der Waals surface area contributed by atoms with Crippen LogP contribution in [-0.4, -0.2) is 50.0 Å². The third kappa shape index (κ3) is 3.64. The number of likely N-dealkylation sites (tertiary alicyclic amines) is 1. The monoisotopic (exact) mass is 331 g/mol. The van der Waals surface area contributed by atoms with Gasteiger partial charge in [-0.2, -0.15) is 0 Å². The second kappa shape index (κ2) is 6.10. The molecule has 0 aromatic carbocycles. The van der Waals surface area contributed by atoms with Gasteiger partial charge < -0.3 is 15.0 Å². The van der Waals surface area contributed by atoms with Gasteiger partial charge in [0.1, 0.15) is 5.60 Å². The summed E-state index contributed by atoms with van der Waals surface area (Å²) in [6.07, 6.45) is 6.97. The zero-order chi connectivity index (χ0) is 17.3. The van der Waals surface area contributed by atoms with Crippen LogP contribution in [0.5, 0.6) is 0 Å². The maximum atomic E-state index is 12.4. The van der Waals surface area contributed by atoms with Crippen LogP contribution < -0.4 is 5.32 Å². The zero-order valence-corrected chi connectivity index (χ0v) is 14.0. The molecule has 3 heterocycles. The van der Waals surface area contributed by atoms with Crippen molar-refractivity contribution >= 4 is 23.5 Å². The van der Waals surface area contributed by atoms with Crippen molar-refractivity contribution in [2.24, 2.45) is 5.92 Å². The summed E-state index contributed by atoms with van der Waals surface area (Å²) in [5.74, 6) is 0.197. The number of nitrogens with zero attached hydrogens (tertiary/aromatic N) is 4. The summed E-state index contributed by atoms with van der Waals surface area (Å²) >= 11 is 0. The van der Waals surface area contributed by atoms with E-state index in [1.807, 2.05) is 20.8 Å². The number of anilines is 1. The Labute approximate surface area is 139 Å². The van der Waals surface area contributed by atoms with Gasteiger partial charge in [0.15, 0.2) is 0 Å². The average molecular weight is 331 g/mol. The van der Waals surface area contributed by atoms with E-state index in [0.29, 0.717) is 31.0 Å². The highest BCUT2D eigenvalue weighted by Gasteiger charge is 2.33. The number of imidazole rings is 1. The van der Waals surface area contributed by atoms with Crippen LogP contribution in [-0.2, 0) is 9.53 Å². The fraction of sp³-hybridized carbons (Fsp3) is 0.500. The molecule has 0 spiro atoms. The molecule has 1 aliphatic rings. The fourth-order valence-corrected chi connectivity index (χ4v) is 2.59. The Kier molecular flexibility index (Phi) is 4.13. The van der Waals surface area contributed by atoms with Crippen LogP contribution in [0.4, 0.5) is 10.5 Å². The van der Waals surface area contributed by atoms with Crippen molar-refractivity contribution in [1.82, 2.24) is 19.3 Å². The second-order valence-corrected chi connectivity index (χ2v) is 6.88. The molecular formula is C16H21N5O3. The molecular weight excluding hydrogens is 310 g/mol. The number of ether oxygens (including phenoxy) is 1. The Morgan fingerprint density at radius 1 is 1.33 bits per heavy atom. The van der Waals surface area contributed by atoms with E-state index in [9.17, 15) is 9.59 Å². The van der Waals surface area contributed by atoms with E-state index in [0.717, 1.165) is 0 Å². The second-order valence-electron chi connectivity index (χ2n) is 6.88. The van der Waals surface area contributed by atoms with E-state index in [2.05, 4.69) is 15.3 Å². The maximum Gasteiger partial charge on any atom is 0.410 e. The predicted molar refractivity (Wildman–Crippen MR) is 87.5 cm³/mol. The van der Waals surface area contributed by atoms with E-state index < -0.39 is 5.60 Å². The van der Waals surface area contributed by atoms with E-state index >= 15 is 0 Å². The van der Waals surface area contributed by atoms with Gasteiger partial charge in [-0.1, -0.05) is 0 Å². The van der Waals surface area contributed by atoms with Gasteiger partial charge in [0.05, 0.1) is 17.8 Å². The molecule has 2 aromatic heterocycles. The lowest BCUT2D eigenvalue weighted by Crippen LogP contribution is -2.36. The molecule has 1 N–H and O–H groups in total. The molecule has 24 heavy (non-hydrogen) atoms. The van der Waals surface area contributed by atoms with Crippen LogP contribution in [0.15, 0.2) is 24.8 Å². The number of hydrogen-bond acceptors (Lipinski definition) is 5. The first kappa shape index (κ1) is 16.2. The first-order valence-corrected chi connectivity index (χ1v) is 7.89. The highest BCUT2D eigenvalue weighted by atomic mass is 16.6. The van der Waals surface area contributed by atoms with Crippen LogP contribution in [0, 0.1) is 5.92 Å². The highest BCUT2D eigenvalue weighted by Crippen LogP contribution is 2.21. The van der Waals surface area contributed by atoms with Crippen molar-refractivity contribution in [2.45, 2.75) is 32.8 Å². The Morgan fingerprint density at radius 2 is 2.12 bits per heavy atom. The Bertz CT molecular complexity index is 764. The Balaban J connectivity index is 1.59. The van der Waals surface area contributed by atoms with Crippen molar-refractivity contribution < 1.29 is 14.3 Å². The highest BCUT2D eigenvalue weighted by molar-refractivity contribution is 5.93. The molecule has 1 atom stereocenters. The van der Waals surface area contributed by atoms with Gasteiger partial charge in [-0.25, -0.2) is 14.8 Å². The SMILES string of the molecule is CC(C)(C)OC(=O)N1CCC(C(=O)Nc2cnc3nccn3c2)C1. The molecule has 1 saturated heterocycles. The first-order valence-electron chi connectivity index (χ1n) is 7.89. The van der Waals surface area contributed by atoms with Gasteiger partial charge in [0, 0.05) is 31.7 Å². The predicted octanol–water partition coefficient (Wildman–Crippen LogP) is 1.92. The van der Waals surface area contributed by atoms with E-state index in [4.69, 9.17) is 4.74 Å². The summed E-state index contributed by atoms with van der Waals surface area (Å²) in [5, 5.41) is 2.84. The molecule has 3 rings (SSSR count). The summed E-state index contributed by atoms with van der Waals surface area (Å²) in [5.41, 5.74) is 0.0600. The molecule has 1 aliphatic heterocycles. The Hall–Kier alpha value is -2.64. The maximum absolute atomic E-state index is 12.4. The van der Waals surface area contributed by atoms with Crippen LogP contribution in [0.25, 0.3) is 5.78 Å². The molecule has 1 unspecified atom stereocenters. The van der Waals surface area contributed by atoms with Crippen LogP contribution in [0.1, 0.15) is 27.2 Å². The van der Waals surface area contributed by atoms with Gasteiger partial charge >= 0.3 is 6.09 Å². The molecule has 2 amide bonds. The number of aromatic nitrogens is 3. The van der Waals surface area contributed by atoms with Crippen molar-refractivity contribution in [3.8, 4) is 0 Å². The Morgan fingerprint density at radius 3 is 2.88 bits per heavy atom. The topological polar surface area (TPSA) is 88.8 Å². The average Bonchev–Trinajstić information content (AvgIpc) is 3.14. The van der Waals surface area contributed by atoms with E-state index in [-0.39, 0.29) is 17.9 Å². The number of carbonyl (C=O) groups is 2. The molecule has 0 bridgehead atoms. The lowest BCUT2D eigenvalue weighted by Gasteiger charge is -2.24. The van der Waals surface area contributed by atoms with Crippen LogP contribution in [0.2, 0.25) is 0 Å². The van der Waals surface area contributed by atoms with E-state index in [1.165, 1.54) is 0 Å². The number of fused-ring (bicyclic) bond motifs is 1. The number of nitrogens with one attached hydrogen (secondary N) is 1. The van der Waals surface area contributed by atoms with Crippen molar-refractivity contribution in [3.05, 3.63) is 24.8 Å². The van der Waals surface area contributed by atoms with Gasteiger partial charge in [-0.15, -0.1) is 0 Å². The van der Waals surface area contributed by atoms with Crippen molar-refractivity contribution in [2.75, 3.05) is 18.4 Å². The van der Waals surface area contributed by atoms with E-state index in [1.54, 1.807) is 34.1 Å². The molecule has 8 heteroatoms. The fourth-order valence-electron chi connectivity index (χ4n) is 2.59. The van der Waals surface area contributed by atoms with Gasteiger partial charge in [0.25, 0.3) is 0 Å². The largest absolute Gasteiger partial charge is 0.444 e. The minimum absolute atomic E-state index is 0.123. The lowest BCUT2D eigenvalue weighted by atomic mass is 10.1. The van der Waals surface area contributed by atoms with Gasteiger partial charge in [-0.3, -0.25) is 9.20 Å². The summed E-state index contributed by atoms with van der Waals surface area (Å²) in [4.78, 5) is 34.2. The van der Waals surface area contributed by atoms with Crippen molar-refractivity contribution in [3.63, 3.8) is 0 Å². The standard InChI is InChI=1S/C16H21N5O3/c1-16(2,3)24-15(23)21-6-4-11(9-21)13(22)19-12-8-18-14-17-5-7-20(14)10-12/h5,7-8,10-11H,4,6,9H2,1-3H3,(H,19,22). The van der Waals surface area contributed by atoms with Gasteiger partial charge in [-0.05, 0) is 27.2 Å². The number of amides is 2. The number of carbonyl (C=O) groups excluding carboxylic acids is 2. The third-order valence-corrected chi connectivity index (χ3v) is 3.72. The quantitative estimate of drug-likeness (QED) is 0.908. The summed E-state index contributed by atoms with van der Waals surface area (Å²) in [7, 11) is 0. The van der Waals surface area contributed by atoms with Crippen LogP contribution in [0.3, 0.4) is 0 Å². The molecule has 0 saturated carbocycles. The minimum Gasteiger partial charge on any atom is -0.444 e. The lowest BCUT2D eigenvalue weighted by molar-refractivity contribution is -0.119. The smallest absolute Gasteiger partial charge is 0.410 e. The number of rotatable bonds is 2. The van der Waals surface area contributed by atoms with Gasteiger partial charge in [0.2, 0.25) is 11.7 Å². The first-order chi connectivity index (χ1) is 11.3. The summed E-state index contributed by atoms with van der Waals surface area (Å²) in [6, 6.07) is 0. The molecule has 128 valence electrons. The molecule has 0 aliphatic carbocycles. The summed E-state index contributed by atoms with van der Waals surface area (Å²) in [6.45, 7) is 6.35. The zero-order valence-electron chi connectivity index (χ0n) is 14.0. The molecule has 8 nitrogen and oxygen atoms in total. The molecule has 2 aromatic rings. The molecule has 0 radical (unpaired) electrons. The minimum atomic E-state index is -0.538. The van der Waals surface area contributed by atoms with Crippen LogP contribution >= 0.6 is 0 Å². The van der Waals surface area contributed by atoms with Crippen molar-refractivity contribution in [1.29, 1.82) is 0 Å². The normalized spacial score (nSPS) is 18.0. The number of hydrogen-bond donors (Lipinski definition) is 1. The molecule has 1 fully saturated rings. The third-order valence-electron chi connectivity index (χ3n) is 3.72.